The van der Waals surface area contributed by atoms with E-state index in [9.17, 15) is 10.1 Å². The Labute approximate surface area is 129 Å². The van der Waals surface area contributed by atoms with Crippen LogP contribution in [0.25, 0.3) is 0 Å². The van der Waals surface area contributed by atoms with Gasteiger partial charge in [-0.3, -0.25) is 14.8 Å². The Balaban J connectivity index is 1.69. The molecule has 0 aliphatic heterocycles. The zero-order chi connectivity index (χ0) is 15.5. The maximum Gasteiger partial charge on any atom is 0.269 e. The summed E-state index contributed by atoms with van der Waals surface area (Å²) < 4.78 is 1.88. The van der Waals surface area contributed by atoms with Gasteiger partial charge in [0.05, 0.1) is 4.92 Å². The van der Waals surface area contributed by atoms with E-state index in [1.807, 2.05) is 23.9 Å². The smallest absolute Gasteiger partial charge is 0.269 e. The van der Waals surface area contributed by atoms with E-state index in [4.69, 9.17) is 0 Å². The number of benzene rings is 1. The lowest BCUT2D eigenvalue weighted by Crippen LogP contribution is -2.27. The molecule has 0 radical (unpaired) electrons. The van der Waals surface area contributed by atoms with Gasteiger partial charge in [-0.15, -0.1) is 0 Å². The van der Waals surface area contributed by atoms with Gasteiger partial charge in [-0.05, 0) is 36.5 Å². The number of aryl methyl sites for hydroxylation is 2. The fraction of sp³-hybridized carbons (Fsp3) is 0.438. The van der Waals surface area contributed by atoms with Crippen LogP contribution in [0.15, 0.2) is 30.5 Å². The van der Waals surface area contributed by atoms with Crippen molar-refractivity contribution >= 4 is 5.69 Å². The summed E-state index contributed by atoms with van der Waals surface area (Å²) in [6, 6.07) is 7.47. The number of nitro benzene ring substituents is 1. The molecule has 6 nitrogen and oxygen atoms in total. The Morgan fingerprint density at radius 1 is 1.45 bits per heavy atom. The van der Waals surface area contributed by atoms with Crippen LogP contribution in [-0.2, 0) is 19.9 Å². The highest BCUT2D eigenvalue weighted by atomic mass is 16.6. The third-order valence-electron chi connectivity index (χ3n) is 4.35. The van der Waals surface area contributed by atoms with Crippen molar-refractivity contribution in [3.8, 4) is 0 Å². The number of hydrogen-bond acceptors (Lipinski definition) is 4. The highest BCUT2D eigenvalue weighted by Crippen LogP contribution is 2.32. The lowest BCUT2D eigenvalue weighted by atomic mass is 9.87. The molecule has 1 aromatic heterocycles. The van der Waals surface area contributed by atoms with Crippen LogP contribution >= 0.6 is 0 Å². The number of nitrogens with zero attached hydrogens (tertiary/aromatic N) is 3. The van der Waals surface area contributed by atoms with Crippen LogP contribution in [0.2, 0.25) is 0 Å². The number of fused-ring (bicyclic) bond motifs is 1. The number of rotatable bonds is 5. The van der Waals surface area contributed by atoms with E-state index in [0.717, 1.165) is 37.8 Å². The van der Waals surface area contributed by atoms with Crippen LogP contribution in [0, 0.1) is 10.1 Å². The highest BCUT2D eigenvalue weighted by Gasteiger charge is 2.22. The predicted molar refractivity (Wildman–Crippen MR) is 83.7 cm³/mol. The van der Waals surface area contributed by atoms with E-state index in [1.165, 1.54) is 11.3 Å². The van der Waals surface area contributed by atoms with Crippen molar-refractivity contribution in [2.24, 2.45) is 7.05 Å². The molecule has 0 unspecified atom stereocenters. The van der Waals surface area contributed by atoms with E-state index >= 15 is 0 Å². The van der Waals surface area contributed by atoms with E-state index in [0.29, 0.717) is 0 Å². The summed E-state index contributed by atoms with van der Waals surface area (Å²) in [4.78, 5) is 10.7. The number of aromatic nitrogens is 2. The topological polar surface area (TPSA) is 73.0 Å². The lowest BCUT2D eigenvalue weighted by molar-refractivity contribution is -0.385. The second-order valence-corrected chi connectivity index (χ2v) is 5.74. The number of nitrogens with one attached hydrogen (secondary N) is 1. The summed E-state index contributed by atoms with van der Waals surface area (Å²) in [5.74, 6) is 0. The molecule has 0 bridgehead atoms. The van der Waals surface area contributed by atoms with Gasteiger partial charge in [0.1, 0.15) is 0 Å². The zero-order valence-corrected chi connectivity index (χ0v) is 12.7. The standard InChI is InChI=1S/C16H20N4O2/c1-19-13(8-10-18-19)7-9-17-16-4-2-3-12-5-6-14(20(21)22)11-15(12)16/h5-6,8,10-11,16-17H,2-4,7,9H2,1H3/t16-/m1/s1. The van der Waals surface area contributed by atoms with Crippen LogP contribution < -0.4 is 5.32 Å². The lowest BCUT2D eigenvalue weighted by Gasteiger charge is -2.26. The van der Waals surface area contributed by atoms with Crippen molar-refractivity contribution in [2.45, 2.75) is 31.7 Å². The Morgan fingerprint density at radius 3 is 3.05 bits per heavy atom. The van der Waals surface area contributed by atoms with Gasteiger partial charge < -0.3 is 5.32 Å². The first-order valence-electron chi connectivity index (χ1n) is 7.62. The molecule has 6 heteroatoms. The van der Waals surface area contributed by atoms with Crippen LogP contribution in [-0.4, -0.2) is 21.2 Å². The minimum atomic E-state index is -0.318. The van der Waals surface area contributed by atoms with Crippen molar-refractivity contribution in [3.63, 3.8) is 0 Å². The van der Waals surface area contributed by atoms with Crippen molar-refractivity contribution in [3.05, 3.63) is 57.4 Å². The molecular weight excluding hydrogens is 280 g/mol. The zero-order valence-electron chi connectivity index (χ0n) is 12.7. The molecule has 1 atom stereocenters. The summed E-state index contributed by atoms with van der Waals surface area (Å²) in [7, 11) is 1.94. The first-order valence-corrected chi connectivity index (χ1v) is 7.62. The molecule has 0 spiro atoms. The monoisotopic (exact) mass is 300 g/mol. The number of nitro groups is 1. The second-order valence-electron chi connectivity index (χ2n) is 5.74. The van der Waals surface area contributed by atoms with Crippen molar-refractivity contribution < 1.29 is 4.92 Å². The number of non-ortho nitro benzene ring substituents is 1. The average molecular weight is 300 g/mol. The van der Waals surface area contributed by atoms with Crippen LogP contribution in [0.4, 0.5) is 5.69 Å². The molecule has 2 aromatic rings. The van der Waals surface area contributed by atoms with Gasteiger partial charge in [-0.25, -0.2) is 0 Å². The summed E-state index contributed by atoms with van der Waals surface area (Å²) >= 11 is 0. The molecule has 1 aliphatic rings. The van der Waals surface area contributed by atoms with E-state index in [-0.39, 0.29) is 16.7 Å². The molecule has 116 valence electrons. The van der Waals surface area contributed by atoms with Gasteiger partial charge in [0, 0.05) is 50.1 Å². The molecular formula is C16H20N4O2. The summed E-state index contributed by atoms with van der Waals surface area (Å²) in [6.45, 7) is 0.840. The molecule has 1 N–H and O–H groups in total. The van der Waals surface area contributed by atoms with Crippen molar-refractivity contribution in [1.29, 1.82) is 0 Å². The highest BCUT2D eigenvalue weighted by molar-refractivity contribution is 5.42. The first-order chi connectivity index (χ1) is 10.6. The van der Waals surface area contributed by atoms with E-state index in [2.05, 4.69) is 10.4 Å². The predicted octanol–water partition coefficient (Wildman–Crippen LogP) is 2.54. The molecule has 0 amide bonds. The SMILES string of the molecule is Cn1nccc1CCN[C@@H]1CCCc2ccc([N+](=O)[O-])cc21. The van der Waals surface area contributed by atoms with E-state index in [1.54, 1.807) is 18.3 Å². The Bertz CT molecular complexity index is 681. The first kappa shape index (κ1) is 14.7. The maximum absolute atomic E-state index is 11.0. The molecule has 1 heterocycles. The van der Waals surface area contributed by atoms with Gasteiger partial charge in [0.25, 0.3) is 5.69 Å². The summed E-state index contributed by atoms with van der Waals surface area (Å²) in [6.07, 6.45) is 5.85. The Kier molecular flexibility index (Phi) is 4.20. The van der Waals surface area contributed by atoms with Crippen LogP contribution in [0.3, 0.4) is 0 Å². The van der Waals surface area contributed by atoms with Gasteiger partial charge in [-0.1, -0.05) is 6.07 Å². The van der Waals surface area contributed by atoms with Crippen LogP contribution in [0.1, 0.15) is 35.7 Å². The third kappa shape index (κ3) is 3.01. The molecule has 22 heavy (non-hydrogen) atoms. The molecule has 0 fully saturated rings. The summed E-state index contributed by atoms with van der Waals surface area (Å²) in [5, 5.41) is 18.7. The van der Waals surface area contributed by atoms with Crippen molar-refractivity contribution in [1.82, 2.24) is 15.1 Å². The molecule has 0 saturated heterocycles. The fourth-order valence-corrected chi connectivity index (χ4v) is 3.13. The average Bonchev–Trinajstić information content (AvgIpc) is 2.92. The summed E-state index contributed by atoms with van der Waals surface area (Å²) in [5.41, 5.74) is 3.68. The van der Waals surface area contributed by atoms with Gasteiger partial charge in [0.2, 0.25) is 0 Å². The van der Waals surface area contributed by atoms with Crippen LogP contribution in [0.5, 0.6) is 0 Å². The van der Waals surface area contributed by atoms with E-state index < -0.39 is 0 Å². The Hall–Kier alpha value is -2.21. The normalized spacial score (nSPS) is 17.2. The molecule has 1 aliphatic carbocycles. The molecule has 3 rings (SSSR count). The molecule has 0 saturated carbocycles. The van der Waals surface area contributed by atoms with Gasteiger partial charge in [0.15, 0.2) is 0 Å². The van der Waals surface area contributed by atoms with Crippen molar-refractivity contribution in [2.75, 3.05) is 6.54 Å². The maximum atomic E-state index is 11.0. The minimum absolute atomic E-state index is 0.180. The number of hydrogen-bond donors (Lipinski definition) is 1. The minimum Gasteiger partial charge on any atom is -0.310 e. The quantitative estimate of drug-likeness (QED) is 0.680. The fourth-order valence-electron chi connectivity index (χ4n) is 3.13. The van der Waals surface area contributed by atoms with Gasteiger partial charge >= 0.3 is 0 Å². The Morgan fingerprint density at radius 2 is 2.32 bits per heavy atom. The molecule has 1 aromatic carbocycles. The van der Waals surface area contributed by atoms with Gasteiger partial charge in [-0.2, -0.15) is 5.10 Å². The largest absolute Gasteiger partial charge is 0.310 e. The second kappa shape index (κ2) is 6.27. The third-order valence-corrected chi connectivity index (χ3v) is 4.35.